The van der Waals surface area contributed by atoms with Crippen molar-refractivity contribution in [3.05, 3.63) is 38.9 Å². The summed E-state index contributed by atoms with van der Waals surface area (Å²) in [5.41, 5.74) is 0.114. The second kappa shape index (κ2) is 5.27. The molecule has 0 amide bonds. The Bertz CT molecular complexity index is 281. The predicted molar refractivity (Wildman–Crippen MR) is 47.5 cm³/mol. The van der Waals surface area contributed by atoms with E-state index in [-0.39, 0.29) is 5.69 Å². The maximum atomic E-state index is 10.1. The third-order valence-electron chi connectivity index (χ3n) is 1.04. The minimum Gasteiger partial charge on any atom is -0.258 e. The zero-order valence-corrected chi connectivity index (χ0v) is 7.56. The molecule has 1 rings (SSSR count). The summed E-state index contributed by atoms with van der Waals surface area (Å²) in [6.45, 7) is 3.50. The van der Waals surface area contributed by atoms with Crippen molar-refractivity contribution < 1.29 is 4.92 Å². The normalized spacial score (nSPS) is 7.92. The topological polar surface area (TPSA) is 66.9 Å². The van der Waals surface area contributed by atoms with E-state index in [1.807, 2.05) is 0 Å². The number of nitro benzene ring substituents is 1. The smallest absolute Gasteiger partial charge is 0.258 e. The first kappa shape index (κ1) is 10.6. The van der Waals surface area contributed by atoms with E-state index >= 15 is 0 Å². The third-order valence-corrected chi connectivity index (χ3v) is 1.57. The first-order valence-corrected chi connectivity index (χ1v) is 3.65. The van der Waals surface area contributed by atoms with Crippen LogP contribution in [0.3, 0.4) is 0 Å². The van der Waals surface area contributed by atoms with Crippen LogP contribution in [0.1, 0.15) is 0 Å². The second-order valence-corrected chi connectivity index (χ2v) is 2.65. The van der Waals surface area contributed by atoms with Gasteiger partial charge in [-0.15, -0.1) is 0 Å². The van der Waals surface area contributed by atoms with Crippen molar-refractivity contribution >= 4 is 21.6 Å². The van der Waals surface area contributed by atoms with Crippen LogP contribution in [-0.2, 0) is 0 Å². The molecule has 0 aliphatic carbocycles. The molecule has 0 spiro atoms. The van der Waals surface area contributed by atoms with Gasteiger partial charge in [0.1, 0.15) is 0 Å². The number of nitriles is 1. The van der Waals surface area contributed by atoms with Gasteiger partial charge >= 0.3 is 0 Å². The Balaban J connectivity index is 0.000000561. The molecule has 4 nitrogen and oxygen atoms in total. The maximum Gasteiger partial charge on any atom is 0.269 e. The number of hydrogen-bond acceptors (Lipinski definition) is 3. The van der Waals surface area contributed by atoms with Crippen molar-refractivity contribution in [2.75, 3.05) is 0 Å². The van der Waals surface area contributed by atoms with E-state index in [1.165, 1.54) is 12.1 Å². The van der Waals surface area contributed by atoms with Crippen LogP contribution in [0.5, 0.6) is 0 Å². The van der Waals surface area contributed by atoms with E-state index in [0.29, 0.717) is 0 Å². The molecular formula is C7H5BrN2O2. The molecule has 0 saturated carbocycles. The molecule has 0 N–H and O–H groups in total. The minimum absolute atomic E-state index is 0.114. The highest BCUT2D eigenvalue weighted by molar-refractivity contribution is 9.10. The van der Waals surface area contributed by atoms with Crippen LogP contribution < -0.4 is 0 Å². The van der Waals surface area contributed by atoms with Gasteiger partial charge in [0, 0.05) is 23.2 Å². The zero-order chi connectivity index (χ0) is 9.56. The lowest BCUT2D eigenvalue weighted by molar-refractivity contribution is -0.384. The van der Waals surface area contributed by atoms with Crippen LogP contribution in [0, 0.1) is 21.9 Å². The molecule has 0 aliphatic rings. The number of non-ortho nitro benzene ring substituents is 1. The summed E-state index contributed by atoms with van der Waals surface area (Å²) in [7, 11) is 0. The van der Waals surface area contributed by atoms with E-state index in [0.717, 1.165) is 4.47 Å². The number of rotatable bonds is 1. The summed E-state index contributed by atoms with van der Waals surface area (Å²) in [5, 5.41) is 16.6. The van der Waals surface area contributed by atoms with E-state index in [9.17, 15) is 10.1 Å². The molecule has 62 valence electrons. The van der Waals surface area contributed by atoms with Crippen LogP contribution in [0.4, 0.5) is 5.69 Å². The number of benzene rings is 1. The summed E-state index contributed by atoms with van der Waals surface area (Å²) in [6.07, 6.45) is 0. The number of nitrogens with zero attached hydrogens (tertiary/aromatic N) is 2. The van der Waals surface area contributed by atoms with E-state index < -0.39 is 4.92 Å². The molecule has 0 unspecified atom stereocenters. The Morgan fingerprint density at radius 3 is 2.08 bits per heavy atom. The molecule has 1 aromatic rings. The Morgan fingerprint density at radius 1 is 1.33 bits per heavy atom. The van der Waals surface area contributed by atoms with Gasteiger partial charge in [-0.1, -0.05) is 15.9 Å². The molecule has 0 atom stereocenters. The largest absolute Gasteiger partial charge is 0.269 e. The van der Waals surface area contributed by atoms with Gasteiger partial charge in [0.2, 0.25) is 0 Å². The average Bonchev–Trinajstić information content (AvgIpc) is 2.09. The first-order valence-electron chi connectivity index (χ1n) is 2.86. The van der Waals surface area contributed by atoms with Crippen LogP contribution >= 0.6 is 15.9 Å². The van der Waals surface area contributed by atoms with Crippen LogP contribution in [0.2, 0.25) is 0 Å². The molecule has 0 saturated heterocycles. The lowest BCUT2D eigenvalue weighted by Crippen LogP contribution is -1.85. The standard InChI is InChI=1S/C6H4BrNO2.CHN/c7-5-1-3-6(4-2-5)8(9)10;1-2/h1-4H;1H. The van der Waals surface area contributed by atoms with Gasteiger partial charge in [0.15, 0.2) is 0 Å². The summed E-state index contributed by atoms with van der Waals surface area (Å²) in [5.74, 6) is 0. The Labute approximate surface area is 77.7 Å². The van der Waals surface area contributed by atoms with Gasteiger partial charge in [-0.2, -0.15) is 0 Å². The molecule has 0 bridgehead atoms. The fraction of sp³-hybridized carbons (Fsp3) is 0. The van der Waals surface area contributed by atoms with E-state index in [4.69, 9.17) is 5.26 Å². The van der Waals surface area contributed by atoms with Gasteiger partial charge in [-0.3, -0.25) is 10.1 Å². The first-order chi connectivity index (χ1) is 5.70. The maximum absolute atomic E-state index is 10.1. The molecule has 0 fully saturated rings. The Kier molecular flexibility index (Phi) is 4.65. The van der Waals surface area contributed by atoms with Crippen molar-refractivity contribution in [1.82, 2.24) is 0 Å². The molecule has 5 heteroatoms. The highest BCUT2D eigenvalue weighted by Crippen LogP contribution is 2.15. The highest BCUT2D eigenvalue weighted by Gasteiger charge is 2.01. The van der Waals surface area contributed by atoms with E-state index in [2.05, 4.69) is 22.5 Å². The number of hydrogen-bond donors (Lipinski definition) is 0. The highest BCUT2D eigenvalue weighted by atomic mass is 79.9. The second-order valence-electron chi connectivity index (χ2n) is 1.73. The van der Waals surface area contributed by atoms with Crippen molar-refractivity contribution in [2.24, 2.45) is 0 Å². The SMILES string of the molecule is C#N.O=[N+]([O-])c1ccc(Br)cc1. The summed E-state index contributed by atoms with van der Waals surface area (Å²) >= 11 is 3.17. The monoisotopic (exact) mass is 228 g/mol. The van der Waals surface area contributed by atoms with Crippen LogP contribution in [0.15, 0.2) is 28.7 Å². The van der Waals surface area contributed by atoms with Gasteiger partial charge in [-0.25, -0.2) is 5.26 Å². The fourth-order valence-corrected chi connectivity index (χ4v) is 0.827. The summed E-state index contributed by atoms with van der Waals surface area (Å²) in [6, 6.07) is 6.17. The van der Waals surface area contributed by atoms with Gasteiger partial charge in [0.25, 0.3) is 5.69 Å². The quantitative estimate of drug-likeness (QED) is 0.548. The lowest BCUT2D eigenvalue weighted by Gasteiger charge is -1.88. The van der Waals surface area contributed by atoms with Crippen molar-refractivity contribution in [3.63, 3.8) is 0 Å². The molecule has 0 aromatic heterocycles. The average molecular weight is 229 g/mol. The zero-order valence-electron chi connectivity index (χ0n) is 5.98. The van der Waals surface area contributed by atoms with E-state index in [1.54, 1.807) is 12.1 Å². The molecular weight excluding hydrogens is 224 g/mol. The Morgan fingerprint density at radius 2 is 1.75 bits per heavy atom. The fourth-order valence-electron chi connectivity index (χ4n) is 0.563. The molecule has 0 radical (unpaired) electrons. The number of halogens is 1. The molecule has 0 aliphatic heterocycles. The van der Waals surface area contributed by atoms with Gasteiger partial charge in [-0.05, 0) is 12.1 Å². The van der Waals surface area contributed by atoms with Crippen LogP contribution in [0.25, 0.3) is 0 Å². The summed E-state index contributed by atoms with van der Waals surface area (Å²) in [4.78, 5) is 9.68. The van der Waals surface area contributed by atoms with Gasteiger partial charge < -0.3 is 0 Å². The van der Waals surface area contributed by atoms with Crippen LogP contribution in [-0.4, -0.2) is 4.92 Å². The molecule has 0 heterocycles. The third kappa shape index (κ3) is 3.12. The number of nitro groups is 1. The lowest BCUT2D eigenvalue weighted by atomic mass is 10.3. The van der Waals surface area contributed by atoms with Gasteiger partial charge in [0.05, 0.1) is 4.92 Å². The minimum atomic E-state index is -0.424. The van der Waals surface area contributed by atoms with Crippen molar-refractivity contribution in [1.29, 1.82) is 5.26 Å². The predicted octanol–water partition coefficient (Wildman–Crippen LogP) is 2.50. The van der Waals surface area contributed by atoms with Crippen molar-refractivity contribution in [3.8, 4) is 6.57 Å². The molecule has 1 aromatic carbocycles. The molecule has 12 heavy (non-hydrogen) atoms. The summed E-state index contributed by atoms with van der Waals surface area (Å²) < 4.78 is 0.845. The van der Waals surface area contributed by atoms with Crippen molar-refractivity contribution in [2.45, 2.75) is 0 Å². The Hall–Kier alpha value is -1.41.